The molecule has 0 atom stereocenters. The minimum atomic E-state index is -0.377. The first kappa shape index (κ1) is 7.67. The van der Waals surface area contributed by atoms with Gasteiger partial charge in [0.1, 0.15) is 6.26 Å². The van der Waals surface area contributed by atoms with E-state index in [4.69, 9.17) is 0 Å². The molecule has 0 fully saturated rings. The summed E-state index contributed by atoms with van der Waals surface area (Å²) in [6.07, 6.45) is 1.30. The highest BCUT2D eigenvalue weighted by molar-refractivity contribution is 5.60. The molecule has 0 aliphatic rings. The molecule has 0 aliphatic carbocycles. The normalized spacial score (nSPS) is 9.85. The molecule has 0 spiro atoms. The Balaban J connectivity index is 2.60. The van der Waals surface area contributed by atoms with Crippen molar-refractivity contribution >= 4 is 0 Å². The van der Waals surface area contributed by atoms with Crippen molar-refractivity contribution in [2.75, 3.05) is 0 Å². The van der Waals surface area contributed by atoms with Gasteiger partial charge in [-0.05, 0) is 5.56 Å². The van der Waals surface area contributed by atoms with E-state index in [-0.39, 0.29) is 5.56 Å². The summed E-state index contributed by atoms with van der Waals surface area (Å²) in [5.41, 5.74) is 0.833. The zero-order chi connectivity index (χ0) is 9.10. The quantitative estimate of drug-likeness (QED) is 0.649. The molecule has 1 heterocycles. The largest absolute Gasteiger partial charge is 0.346 e. The number of aromatic nitrogens is 2. The maximum atomic E-state index is 11.2. The van der Waals surface area contributed by atoms with Gasteiger partial charge in [-0.1, -0.05) is 35.4 Å². The van der Waals surface area contributed by atoms with Crippen molar-refractivity contribution in [3.8, 4) is 11.1 Å². The van der Waals surface area contributed by atoms with Crippen LogP contribution in [0.25, 0.3) is 11.1 Å². The number of benzene rings is 1. The summed E-state index contributed by atoms with van der Waals surface area (Å²) in [6, 6.07) is 9.19. The van der Waals surface area contributed by atoms with Crippen molar-refractivity contribution in [1.82, 2.24) is 10.4 Å². The molecule has 0 unspecified atom stereocenters. The second-order valence-corrected chi connectivity index (χ2v) is 2.49. The van der Waals surface area contributed by atoms with Crippen LogP contribution in [-0.2, 0) is 0 Å². The van der Waals surface area contributed by atoms with Gasteiger partial charge in [-0.3, -0.25) is 4.79 Å². The highest BCUT2D eigenvalue weighted by atomic mass is 16.5. The fourth-order valence-electron chi connectivity index (χ4n) is 1.05. The van der Waals surface area contributed by atoms with Crippen LogP contribution in [-0.4, -0.2) is 10.4 Å². The molecule has 4 heteroatoms. The average Bonchev–Trinajstić information content (AvgIpc) is 2.20. The SMILES string of the molecule is O=c1nnocc1-c1ccccc1. The van der Waals surface area contributed by atoms with Crippen LogP contribution in [0.3, 0.4) is 0 Å². The molecule has 4 nitrogen and oxygen atoms in total. The number of nitrogens with zero attached hydrogens (tertiary/aromatic N) is 2. The summed E-state index contributed by atoms with van der Waals surface area (Å²) < 4.78 is 4.58. The van der Waals surface area contributed by atoms with Gasteiger partial charge >= 0.3 is 5.56 Å². The van der Waals surface area contributed by atoms with E-state index in [0.29, 0.717) is 5.56 Å². The molecular formula is C9H6N2O2. The number of hydrogen-bond acceptors (Lipinski definition) is 4. The van der Waals surface area contributed by atoms with E-state index in [1.165, 1.54) is 6.26 Å². The molecule has 64 valence electrons. The zero-order valence-electron chi connectivity index (χ0n) is 6.68. The Morgan fingerprint density at radius 2 is 1.92 bits per heavy atom. The molecule has 2 rings (SSSR count). The highest BCUT2D eigenvalue weighted by Crippen LogP contribution is 2.12. The maximum Gasteiger partial charge on any atom is 0.302 e. The van der Waals surface area contributed by atoms with Crippen molar-refractivity contribution in [2.24, 2.45) is 0 Å². The summed E-state index contributed by atoms with van der Waals surface area (Å²) in [4.78, 5) is 11.2. The minimum Gasteiger partial charge on any atom is -0.346 e. The first-order chi connectivity index (χ1) is 6.38. The van der Waals surface area contributed by atoms with E-state index in [0.717, 1.165) is 5.56 Å². The molecule has 0 radical (unpaired) electrons. The van der Waals surface area contributed by atoms with Crippen molar-refractivity contribution in [1.29, 1.82) is 0 Å². The fraction of sp³-hybridized carbons (Fsp3) is 0. The molecular weight excluding hydrogens is 168 g/mol. The van der Waals surface area contributed by atoms with E-state index >= 15 is 0 Å². The molecule has 2 aromatic rings. The molecule has 0 bridgehead atoms. The van der Waals surface area contributed by atoms with Crippen molar-refractivity contribution < 1.29 is 4.52 Å². The standard InChI is InChI=1S/C9H6N2O2/c12-9-8(6-13-11-10-9)7-4-2-1-3-5-7/h1-6H. The zero-order valence-corrected chi connectivity index (χ0v) is 6.68. The van der Waals surface area contributed by atoms with Crippen LogP contribution in [0.4, 0.5) is 0 Å². The van der Waals surface area contributed by atoms with Crippen molar-refractivity contribution in [3.05, 3.63) is 46.9 Å². The van der Waals surface area contributed by atoms with E-state index in [1.807, 2.05) is 30.3 Å². The molecule has 1 aromatic carbocycles. The molecule has 0 saturated heterocycles. The molecule has 13 heavy (non-hydrogen) atoms. The van der Waals surface area contributed by atoms with E-state index in [9.17, 15) is 4.79 Å². The lowest BCUT2D eigenvalue weighted by molar-refractivity contribution is 0.357. The van der Waals surface area contributed by atoms with Gasteiger partial charge in [-0.2, -0.15) is 0 Å². The minimum absolute atomic E-state index is 0.377. The van der Waals surface area contributed by atoms with Crippen LogP contribution >= 0.6 is 0 Å². The third-order valence-electron chi connectivity index (χ3n) is 1.66. The third-order valence-corrected chi connectivity index (χ3v) is 1.66. The Bertz CT molecular complexity index is 450. The molecule has 0 amide bonds. The van der Waals surface area contributed by atoms with Gasteiger partial charge in [0.2, 0.25) is 0 Å². The summed E-state index contributed by atoms with van der Waals surface area (Å²) in [5.74, 6) is 0. The number of rotatable bonds is 1. The summed E-state index contributed by atoms with van der Waals surface area (Å²) in [5, 5.41) is 6.42. The van der Waals surface area contributed by atoms with E-state index in [1.54, 1.807) is 0 Å². The maximum absolute atomic E-state index is 11.2. The predicted octanol–water partition coefficient (Wildman–Crippen LogP) is 1.10. The fourth-order valence-corrected chi connectivity index (χ4v) is 1.05. The molecule has 0 N–H and O–H groups in total. The van der Waals surface area contributed by atoms with Gasteiger partial charge in [0.25, 0.3) is 0 Å². The van der Waals surface area contributed by atoms with E-state index < -0.39 is 0 Å². The van der Waals surface area contributed by atoms with Gasteiger partial charge in [-0.25, -0.2) is 0 Å². The Morgan fingerprint density at radius 1 is 1.15 bits per heavy atom. The third kappa shape index (κ3) is 1.46. The van der Waals surface area contributed by atoms with E-state index in [2.05, 4.69) is 14.9 Å². The second kappa shape index (κ2) is 3.18. The average molecular weight is 174 g/mol. The van der Waals surface area contributed by atoms with Crippen LogP contribution in [0, 0.1) is 0 Å². The van der Waals surface area contributed by atoms with Crippen LogP contribution in [0.1, 0.15) is 0 Å². The van der Waals surface area contributed by atoms with Crippen LogP contribution < -0.4 is 5.56 Å². The van der Waals surface area contributed by atoms with Crippen molar-refractivity contribution in [2.45, 2.75) is 0 Å². The first-order valence-electron chi connectivity index (χ1n) is 3.75. The molecule has 1 aromatic heterocycles. The Hall–Kier alpha value is -1.97. The Kier molecular flexibility index (Phi) is 1.88. The number of hydrogen-bond donors (Lipinski definition) is 0. The monoisotopic (exact) mass is 174 g/mol. The second-order valence-electron chi connectivity index (χ2n) is 2.49. The summed E-state index contributed by atoms with van der Waals surface area (Å²) >= 11 is 0. The molecule has 0 aliphatic heterocycles. The van der Waals surface area contributed by atoms with Gasteiger partial charge < -0.3 is 4.52 Å². The van der Waals surface area contributed by atoms with Crippen LogP contribution in [0.2, 0.25) is 0 Å². The summed E-state index contributed by atoms with van der Waals surface area (Å²) in [7, 11) is 0. The van der Waals surface area contributed by atoms with Gasteiger partial charge in [0.15, 0.2) is 0 Å². The Morgan fingerprint density at radius 3 is 2.62 bits per heavy atom. The lowest BCUT2D eigenvalue weighted by atomic mass is 10.1. The molecule has 0 saturated carbocycles. The first-order valence-corrected chi connectivity index (χ1v) is 3.75. The highest BCUT2D eigenvalue weighted by Gasteiger charge is 2.02. The Labute approximate surface area is 73.8 Å². The lowest BCUT2D eigenvalue weighted by Crippen LogP contribution is -2.09. The van der Waals surface area contributed by atoms with Gasteiger partial charge in [0.05, 0.1) is 5.56 Å². The van der Waals surface area contributed by atoms with Gasteiger partial charge in [0, 0.05) is 5.27 Å². The smallest absolute Gasteiger partial charge is 0.302 e. The predicted molar refractivity (Wildman–Crippen MR) is 46.0 cm³/mol. The summed E-state index contributed by atoms with van der Waals surface area (Å²) in [6.45, 7) is 0. The topological polar surface area (TPSA) is 56.0 Å². The van der Waals surface area contributed by atoms with Gasteiger partial charge in [-0.15, -0.1) is 0 Å². The van der Waals surface area contributed by atoms with Crippen molar-refractivity contribution in [3.63, 3.8) is 0 Å². The van der Waals surface area contributed by atoms with Crippen LogP contribution in [0.15, 0.2) is 45.9 Å². The lowest BCUT2D eigenvalue weighted by Gasteiger charge is -1.95. The van der Waals surface area contributed by atoms with Crippen LogP contribution in [0.5, 0.6) is 0 Å².